The zero-order valence-corrected chi connectivity index (χ0v) is 13.0. The molecule has 0 amide bonds. The van der Waals surface area contributed by atoms with E-state index in [1.165, 1.54) is 44.9 Å². The van der Waals surface area contributed by atoms with E-state index in [1.54, 1.807) is 6.21 Å². The summed E-state index contributed by atoms with van der Waals surface area (Å²) in [4.78, 5) is 0. The van der Waals surface area contributed by atoms with Crippen molar-refractivity contribution < 1.29 is 0 Å². The fourth-order valence-electron chi connectivity index (χ4n) is 2.56. The quantitative estimate of drug-likeness (QED) is 0.508. The Morgan fingerprint density at radius 2 is 1.73 bits per heavy atom. The molecule has 1 saturated carbocycles. The highest BCUT2D eigenvalue weighted by atomic mass is 15.4. The smallest absolute Gasteiger partial charge is 0.234 e. The van der Waals surface area contributed by atoms with E-state index in [9.17, 15) is 0 Å². The minimum absolute atomic E-state index is 0.203. The summed E-state index contributed by atoms with van der Waals surface area (Å²) in [6.07, 6.45) is 12.7. The molecule has 0 unspecified atom stereocenters. The molecule has 22 heavy (non-hydrogen) atoms. The van der Waals surface area contributed by atoms with Gasteiger partial charge in [0.1, 0.15) is 0 Å². The minimum Gasteiger partial charge on any atom is -0.367 e. The molecule has 118 valence electrons. The second-order valence-corrected chi connectivity index (χ2v) is 5.64. The SMILES string of the molecule is N/C(=N\N=C\C1CCCCCCC1)N/N=C\c1ccccc1. The Labute approximate surface area is 132 Å². The van der Waals surface area contributed by atoms with Crippen molar-refractivity contribution in [3.63, 3.8) is 0 Å². The van der Waals surface area contributed by atoms with Crippen LogP contribution in [0.1, 0.15) is 50.5 Å². The first-order valence-corrected chi connectivity index (χ1v) is 8.05. The Hall–Kier alpha value is -2.17. The molecule has 1 aliphatic carbocycles. The van der Waals surface area contributed by atoms with Crippen LogP contribution in [-0.4, -0.2) is 18.4 Å². The maximum Gasteiger partial charge on any atom is 0.234 e. The van der Waals surface area contributed by atoms with Crippen LogP contribution in [0.5, 0.6) is 0 Å². The Kier molecular flexibility index (Phi) is 7.15. The monoisotopic (exact) mass is 299 g/mol. The number of hydrogen-bond donors (Lipinski definition) is 2. The van der Waals surface area contributed by atoms with Crippen LogP contribution in [0.15, 0.2) is 45.6 Å². The van der Waals surface area contributed by atoms with Crippen LogP contribution in [-0.2, 0) is 0 Å². The van der Waals surface area contributed by atoms with Gasteiger partial charge in [0.15, 0.2) is 0 Å². The fourth-order valence-corrected chi connectivity index (χ4v) is 2.56. The van der Waals surface area contributed by atoms with Gasteiger partial charge in [-0.3, -0.25) is 0 Å². The molecule has 0 aromatic heterocycles. The topological polar surface area (TPSA) is 75.1 Å². The highest BCUT2D eigenvalue weighted by molar-refractivity contribution is 5.83. The minimum atomic E-state index is 0.203. The van der Waals surface area contributed by atoms with Gasteiger partial charge in [0.25, 0.3) is 0 Å². The van der Waals surface area contributed by atoms with Gasteiger partial charge in [-0.05, 0) is 24.3 Å². The lowest BCUT2D eigenvalue weighted by Gasteiger charge is -2.14. The molecule has 0 heterocycles. The first kappa shape index (κ1) is 16.2. The molecule has 0 saturated heterocycles. The van der Waals surface area contributed by atoms with Gasteiger partial charge in [0, 0.05) is 6.21 Å². The predicted molar refractivity (Wildman–Crippen MR) is 93.1 cm³/mol. The highest BCUT2D eigenvalue weighted by Crippen LogP contribution is 2.20. The molecule has 0 aliphatic heterocycles. The summed E-state index contributed by atoms with van der Waals surface area (Å²) in [6.45, 7) is 0. The first-order valence-electron chi connectivity index (χ1n) is 8.05. The van der Waals surface area contributed by atoms with Gasteiger partial charge in [0.2, 0.25) is 5.96 Å². The maximum atomic E-state index is 5.72. The van der Waals surface area contributed by atoms with Crippen LogP contribution >= 0.6 is 0 Å². The Balaban J connectivity index is 1.76. The third-order valence-corrected chi connectivity index (χ3v) is 3.79. The van der Waals surface area contributed by atoms with Crippen molar-refractivity contribution in [1.82, 2.24) is 5.43 Å². The molecule has 0 spiro atoms. The van der Waals surface area contributed by atoms with Crippen molar-refractivity contribution in [2.75, 3.05) is 0 Å². The van der Waals surface area contributed by atoms with Crippen molar-refractivity contribution in [2.24, 2.45) is 27.0 Å². The van der Waals surface area contributed by atoms with Crippen molar-refractivity contribution in [3.05, 3.63) is 35.9 Å². The van der Waals surface area contributed by atoms with E-state index in [0.717, 1.165) is 5.56 Å². The number of hydrazone groups is 1. The van der Waals surface area contributed by atoms with Crippen LogP contribution in [0, 0.1) is 5.92 Å². The molecule has 5 nitrogen and oxygen atoms in total. The Morgan fingerprint density at radius 1 is 1.05 bits per heavy atom. The van der Waals surface area contributed by atoms with E-state index in [4.69, 9.17) is 5.73 Å². The van der Waals surface area contributed by atoms with Crippen LogP contribution in [0.3, 0.4) is 0 Å². The molecule has 1 aliphatic rings. The second-order valence-electron chi connectivity index (χ2n) is 5.64. The third-order valence-electron chi connectivity index (χ3n) is 3.79. The van der Waals surface area contributed by atoms with Gasteiger partial charge < -0.3 is 5.73 Å². The average Bonchev–Trinajstić information content (AvgIpc) is 2.50. The molecule has 3 N–H and O–H groups in total. The second kappa shape index (κ2) is 9.71. The van der Waals surface area contributed by atoms with Crippen LogP contribution in [0.25, 0.3) is 0 Å². The molecular formula is C17H25N5. The Bertz CT molecular complexity index is 499. The Morgan fingerprint density at radius 3 is 2.45 bits per heavy atom. The molecule has 1 fully saturated rings. The third kappa shape index (κ3) is 6.52. The molecule has 5 heteroatoms. The van der Waals surface area contributed by atoms with Crippen molar-refractivity contribution in [1.29, 1.82) is 0 Å². The van der Waals surface area contributed by atoms with E-state index >= 15 is 0 Å². The molecule has 0 radical (unpaired) electrons. The van der Waals surface area contributed by atoms with Crippen molar-refractivity contribution in [3.8, 4) is 0 Å². The molecule has 1 aromatic carbocycles. The fraction of sp³-hybridized carbons (Fsp3) is 0.471. The lowest BCUT2D eigenvalue weighted by atomic mass is 9.92. The number of guanidine groups is 1. The standard InChI is InChI=1S/C17H25N5/c18-17(22-20-14-16-11-7-4-8-12-16)21-19-13-15-9-5-2-1-3-6-10-15/h4,7-8,11-15H,1-3,5-6,9-10H2,(H3,18,21,22)/b19-13+,20-14-. The zero-order chi connectivity index (χ0) is 15.5. The summed E-state index contributed by atoms with van der Waals surface area (Å²) in [6, 6.07) is 9.80. The summed E-state index contributed by atoms with van der Waals surface area (Å²) in [7, 11) is 0. The first-order chi connectivity index (χ1) is 10.8. The van der Waals surface area contributed by atoms with Gasteiger partial charge in [-0.15, -0.1) is 5.10 Å². The predicted octanol–water partition coefficient (Wildman–Crippen LogP) is 3.27. The summed E-state index contributed by atoms with van der Waals surface area (Å²) in [5, 5.41) is 12.1. The largest absolute Gasteiger partial charge is 0.367 e. The van der Waals surface area contributed by atoms with Gasteiger partial charge in [0.05, 0.1) is 6.21 Å². The van der Waals surface area contributed by atoms with E-state index < -0.39 is 0 Å². The van der Waals surface area contributed by atoms with E-state index in [-0.39, 0.29) is 5.96 Å². The van der Waals surface area contributed by atoms with Gasteiger partial charge in [-0.2, -0.15) is 10.2 Å². The van der Waals surface area contributed by atoms with Gasteiger partial charge in [-0.1, -0.05) is 62.4 Å². The van der Waals surface area contributed by atoms with Crippen LogP contribution in [0.4, 0.5) is 0 Å². The summed E-state index contributed by atoms with van der Waals surface area (Å²) in [5.41, 5.74) is 9.40. The average molecular weight is 299 g/mol. The number of nitrogens with two attached hydrogens (primary N) is 1. The molecule has 2 rings (SSSR count). The van der Waals surface area contributed by atoms with E-state index in [1.807, 2.05) is 36.5 Å². The summed E-state index contributed by atoms with van der Waals surface area (Å²) >= 11 is 0. The number of hydrogen-bond acceptors (Lipinski definition) is 3. The molecule has 0 bridgehead atoms. The van der Waals surface area contributed by atoms with Crippen LogP contribution in [0.2, 0.25) is 0 Å². The highest BCUT2D eigenvalue weighted by Gasteiger charge is 2.08. The lowest BCUT2D eigenvalue weighted by Crippen LogP contribution is -2.26. The number of benzene rings is 1. The molecule has 1 aromatic rings. The summed E-state index contributed by atoms with van der Waals surface area (Å²) < 4.78 is 0. The van der Waals surface area contributed by atoms with E-state index in [0.29, 0.717) is 5.92 Å². The number of nitrogens with zero attached hydrogens (tertiary/aromatic N) is 3. The summed E-state index contributed by atoms with van der Waals surface area (Å²) in [5.74, 6) is 0.735. The molecular weight excluding hydrogens is 274 g/mol. The van der Waals surface area contributed by atoms with Crippen LogP contribution < -0.4 is 11.2 Å². The number of rotatable bonds is 4. The normalized spacial score (nSPS) is 18.5. The lowest BCUT2D eigenvalue weighted by molar-refractivity contribution is 0.456. The van der Waals surface area contributed by atoms with Crippen molar-refractivity contribution in [2.45, 2.75) is 44.9 Å². The van der Waals surface area contributed by atoms with Crippen molar-refractivity contribution >= 4 is 18.4 Å². The number of nitrogens with one attached hydrogen (secondary N) is 1. The van der Waals surface area contributed by atoms with Gasteiger partial charge >= 0.3 is 0 Å². The zero-order valence-electron chi connectivity index (χ0n) is 13.0. The molecule has 0 atom stereocenters. The van der Waals surface area contributed by atoms with Gasteiger partial charge in [-0.25, -0.2) is 5.43 Å². The maximum absolute atomic E-state index is 5.72. The van der Waals surface area contributed by atoms with E-state index in [2.05, 4.69) is 20.7 Å².